The van der Waals surface area contributed by atoms with E-state index in [9.17, 15) is 4.79 Å². The lowest BCUT2D eigenvalue weighted by molar-refractivity contribution is -0.129. The van der Waals surface area contributed by atoms with Crippen LogP contribution in [0.3, 0.4) is 0 Å². The predicted molar refractivity (Wildman–Crippen MR) is 162 cm³/mol. The van der Waals surface area contributed by atoms with E-state index < -0.39 is 0 Å². The lowest BCUT2D eigenvalue weighted by atomic mass is 9.96. The molecule has 2 fully saturated rings. The van der Waals surface area contributed by atoms with E-state index in [0.29, 0.717) is 38.2 Å². The Balaban J connectivity index is 1.25. The van der Waals surface area contributed by atoms with Gasteiger partial charge in [-0.25, -0.2) is 15.0 Å². The van der Waals surface area contributed by atoms with Crippen molar-refractivity contribution in [2.75, 3.05) is 74.7 Å². The lowest BCUT2D eigenvalue weighted by Crippen LogP contribution is -2.62. The van der Waals surface area contributed by atoms with E-state index in [1.54, 1.807) is 6.33 Å². The van der Waals surface area contributed by atoms with Crippen molar-refractivity contribution in [3.63, 3.8) is 0 Å². The summed E-state index contributed by atoms with van der Waals surface area (Å²) in [7, 11) is 4.28. The van der Waals surface area contributed by atoms with Crippen molar-refractivity contribution in [1.82, 2.24) is 24.8 Å². The van der Waals surface area contributed by atoms with Crippen LogP contribution in [0.5, 0.6) is 11.6 Å². The van der Waals surface area contributed by atoms with E-state index in [2.05, 4.69) is 52.2 Å². The van der Waals surface area contributed by atoms with Crippen molar-refractivity contribution in [2.24, 2.45) is 0 Å². The quantitative estimate of drug-likeness (QED) is 0.496. The molecule has 5 aliphatic heterocycles. The number of likely N-dealkylation sites (tertiary alicyclic amines) is 1. The van der Waals surface area contributed by atoms with Gasteiger partial charge in [0.15, 0.2) is 0 Å². The molecule has 7 rings (SSSR count). The summed E-state index contributed by atoms with van der Waals surface area (Å²) in [6, 6.07) is 0.507. The number of nitrogens with zero attached hydrogens (tertiary/aromatic N) is 8. The Kier molecular flexibility index (Phi) is 7.08. The number of amides is 1. The normalized spacial score (nSPS) is 25.3. The van der Waals surface area contributed by atoms with Gasteiger partial charge in [0.2, 0.25) is 11.7 Å². The number of anilines is 3. The Hall–Kier alpha value is -3.60. The van der Waals surface area contributed by atoms with Crippen LogP contribution in [0.2, 0.25) is 0 Å². The summed E-state index contributed by atoms with van der Waals surface area (Å²) in [5.74, 6) is 3.38. The van der Waals surface area contributed by atoms with Crippen molar-refractivity contribution in [3.8, 4) is 11.6 Å². The zero-order valence-corrected chi connectivity index (χ0v) is 25.1. The van der Waals surface area contributed by atoms with Gasteiger partial charge >= 0.3 is 0 Å². The Morgan fingerprint density at radius 2 is 1.98 bits per heavy atom. The largest absolute Gasteiger partial charge is 0.484 e. The molecule has 0 radical (unpaired) electrons. The van der Waals surface area contributed by atoms with E-state index >= 15 is 0 Å². The average Bonchev–Trinajstić information content (AvgIpc) is 3.42. The fourth-order valence-corrected chi connectivity index (χ4v) is 7.47. The second kappa shape index (κ2) is 10.9. The fraction of sp³-hybridized carbons (Fsp3) is 0.613. The highest BCUT2D eigenvalue weighted by molar-refractivity contribution is 5.87. The van der Waals surface area contributed by atoms with Crippen molar-refractivity contribution < 1.29 is 14.3 Å². The third kappa shape index (κ3) is 4.62. The molecule has 0 bridgehead atoms. The van der Waals surface area contributed by atoms with E-state index in [1.165, 1.54) is 23.6 Å². The van der Waals surface area contributed by atoms with Crippen molar-refractivity contribution >= 4 is 23.2 Å². The number of piperazine rings is 1. The topological polar surface area (TPSA) is 90.4 Å². The minimum absolute atomic E-state index is 0.0242. The number of carbonyl (C=O) groups excluding carboxylic acids is 1. The van der Waals surface area contributed by atoms with Crippen LogP contribution in [0.15, 0.2) is 19.0 Å². The van der Waals surface area contributed by atoms with Gasteiger partial charge in [0, 0.05) is 56.4 Å². The number of carbonyl (C=O) groups is 1. The molecule has 0 aromatic carbocycles. The first kappa shape index (κ1) is 27.2. The van der Waals surface area contributed by atoms with Gasteiger partial charge < -0.3 is 34.0 Å². The van der Waals surface area contributed by atoms with Crippen LogP contribution in [0, 0.1) is 0 Å². The minimum Gasteiger partial charge on any atom is -0.484 e. The molecule has 3 atom stereocenters. The van der Waals surface area contributed by atoms with Gasteiger partial charge in [0.25, 0.3) is 5.88 Å². The Morgan fingerprint density at radius 1 is 1.12 bits per heavy atom. The summed E-state index contributed by atoms with van der Waals surface area (Å²) in [6.45, 7) is 11.9. The van der Waals surface area contributed by atoms with Gasteiger partial charge in [-0.15, -0.1) is 0 Å². The highest BCUT2D eigenvalue weighted by Crippen LogP contribution is 2.47. The van der Waals surface area contributed by atoms with Crippen LogP contribution in [-0.4, -0.2) is 109 Å². The number of aromatic nitrogens is 3. The summed E-state index contributed by atoms with van der Waals surface area (Å²) in [5.41, 5.74) is 4.58. The predicted octanol–water partition coefficient (Wildman–Crippen LogP) is 2.27. The van der Waals surface area contributed by atoms with E-state index in [1.807, 2.05) is 4.90 Å². The van der Waals surface area contributed by atoms with E-state index in [0.717, 1.165) is 80.6 Å². The van der Waals surface area contributed by atoms with Gasteiger partial charge in [-0.05, 0) is 58.7 Å². The molecule has 1 amide bonds. The third-order valence-corrected chi connectivity index (χ3v) is 9.82. The van der Waals surface area contributed by atoms with E-state index in [-0.39, 0.29) is 18.0 Å². The smallest absolute Gasteiger partial charge is 0.259 e. The Morgan fingerprint density at radius 3 is 2.79 bits per heavy atom. The fourth-order valence-electron chi connectivity index (χ4n) is 7.47. The molecule has 0 spiro atoms. The number of hydrogen-bond acceptors (Lipinski definition) is 10. The van der Waals surface area contributed by atoms with Crippen LogP contribution < -0.4 is 24.2 Å². The molecule has 2 aromatic rings. The molecule has 11 nitrogen and oxygen atoms in total. The number of ether oxygens (including phenoxy) is 2. The molecule has 0 aliphatic carbocycles. The molecule has 224 valence electrons. The molecule has 0 saturated carbocycles. The van der Waals surface area contributed by atoms with Crippen molar-refractivity contribution in [1.29, 1.82) is 0 Å². The first-order valence-electron chi connectivity index (χ1n) is 15.4. The van der Waals surface area contributed by atoms with Gasteiger partial charge in [0.1, 0.15) is 31.2 Å². The molecule has 2 saturated heterocycles. The second-order valence-electron chi connectivity index (χ2n) is 12.5. The number of fused-ring (bicyclic) bond motifs is 6. The van der Waals surface area contributed by atoms with Crippen LogP contribution in [0.25, 0.3) is 0 Å². The first-order valence-corrected chi connectivity index (χ1v) is 15.4. The lowest BCUT2D eigenvalue weighted by Gasteiger charge is -2.49. The zero-order valence-electron chi connectivity index (χ0n) is 25.1. The molecule has 7 heterocycles. The van der Waals surface area contributed by atoms with Crippen molar-refractivity contribution in [2.45, 2.75) is 63.7 Å². The summed E-state index contributed by atoms with van der Waals surface area (Å²) in [5, 5.41) is 0. The Bertz CT molecular complexity index is 1380. The molecule has 42 heavy (non-hydrogen) atoms. The third-order valence-electron chi connectivity index (χ3n) is 9.82. The van der Waals surface area contributed by atoms with E-state index in [4.69, 9.17) is 19.4 Å². The molecule has 5 aliphatic rings. The maximum atomic E-state index is 12.6. The van der Waals surface area contributed by atoms with Gasteiger partial charge in [-0.3, -0.25) is 4.79 Å². The number of likely N-dealkylation sites (N-methyl/N-ethyl adjacent to an activating group) is 1. The van der Waals surface area contributed by atoms with Crippen LogP contribution in [-0.2, 0) is 24.2 Å². The molecule has 2 aromatic heterocycles. The molecular formula is C31H42N8O3. The number of pyridine rings is 1. The summed E-state index contributed by atoms with van der Waals surface area (Å²) < 4.78 is 13.0. The summed E-state index contributed by atoms with van der Waals surface area (Å²) >= 11 is 0. The monoisotopic (exact) mass is 574 g/mol. The van der Waals surface area contributed by atoms with Gasteiger partial charge in [-0.2, -0.15) is 0 Å². The van der Waals surface area contributed by atoms with Gasteiger partial charge in [-0.1, -0.05) is 6.58 Å². The van der Waals surface area contributed by atoms with Crippen LogP contribution in [0.1, 0.15) is 43.0 Å². The zero-order chi connectivity index (χ0) is 29.0. The molecule has 11 heteroatoms. The van der Waals surface area contributed by atoms with Crippen LogP contribution >= 0.6 is 0 Å². The SMILES string of the molecule is C=CC(=O)N1C[C@@H]2COc3c(OC[C@@H]4CCCN4C)nc4c(c3N2C[C@H]1C)CCN(c1ncnc2c1CCCN2C)C4. The Labute approximate surface area is 248 Å². The number of hydrogen-bond donors (Lipinski definition) is 0. The highest BCUT2D eigenvalue weighted by Gasteiger charge is 2.42. The first-order chi connectivity index (χ1) is 20.4. The van der Waals surface area contributed by atoms with Crippen molar-refractivity contribution in [3.05, 3.63) is 35.8 Å². The molecule has 0 unspecified atom stereocenters. The standard InChI is InChI=1S/C31H42N8O3/c1-5-26(40)38-15-22-18-41-28-27(39(22)14-20(38)2)23-10-13-37(30-24-9-7-12-36(4)29(24)32-19-33-30)16-25(23)34-31(28)42-17-21-8-6-11-35(21)3/h5,19-22H,1,6-18H2,2-4H3/t20-,21+,22-/m1/s1. The molecule has 0 N–H and O–H groups in total. The highest BCUT2D eigenvalue weighted by atomic mass is 16.5. The summed E-state index contributed by atoms with van der Waals surface area (Å²) in [6.07, 6.45) is 8.36. The number of rotatable bonds is 5. The second-order valence-corrected chi connectivity index (χ2v) is 12.5. The minimum atomic E-state index is -0.0242. The maximum Gasteiger partial charge on any atom is 0.259 e. The van der Waals surface area contributed by atoms with Gasteiger partial charge in [0.05, 0.1) is 24.0 Å². The van der Waals surface area contributed by atoms with Crippen LogP contribution in [0.4, 0.5) is 17.3 Å². The molecular weight excluding hydrogens is 532 g/mol. The summed E-state index contributed by atoms with van der Waals surface area (Å²) in [4.78, 5) is 38.5. The maximum absolute atomic E-state index is 12.6. The average molecular weight is 575 g/mol.